The van der Waals surface area contributed by atoms with Gasteiger partial charge in [0.15, 0.2) is 11.5 Å². The van der Waals surface area contributed by atoms with Crippen LogP contribution in [0.4, 0.5) is 5.13 Å². The third kappa shape index (κ3) is 7.81. The number of hydrogen-bond donors (Lipinski definition) is 1. The van der Waals surface area contributed by atoms with Gasteiger partial charge in [-0.2, -0.15) is 5.26 Å². The largest absolute Gasteiger partial charge is 0.490 e. The van der Waals surface area contributed by atoms with E-state index in [0.717, 1.165) is 16.3 Å². The maximum Gasteiger partial charge on any atom is 0.268 e. The van der Waals surface area contributed by atoms with E-state index in [1.165, 1.54) is 17.4 Å². The van der Waals surface area contributed by atoms with Crippen LogP contribution in [0.5, 0.6) is 17.2 Å². The Bertz CT molecular complexity index is 1320. The van der Waals surface area contributed by atoms with E-state index in [0.29, 0.717) is 48.2 Å². The predicted octanol–water partition coefficient (Wildman–Crippen LogP) is 5.88. The van der Waals surface area contributed by atoms with Crippen LogP contribution in [0.1, 0.15) is 30.0 Å². The van der Waals surface area contributed by atoms with E-state index < -0.39 is 5.91 Å². The van der Waals surface area contributed by atoms with Crippen LogP contribution in [-0.4, -0.2) is 35.9 Å². The second kappa shape index (κ2) is 14.0. The number of nitrogens with one attached hydrogen (secondary N) is 1. The molecule has 3 aromatic rings. The molecule has 1 amide bonds. The predicted molar refractivity (Wildman–Crippen MR) is 145 cm³/mol. The Balaban J connectivity index is 1.71. The first-order valence-electron chi connectivity index (χ1n) is 11.6. The lowest BCUT2D eigenvalue weighted by Gasteiger charge is -2.15. The van der Waals surface area contributed by atoms with Crippen molar-refractivity contribution in [2.75, 3.05) is 25.1 Å². The van der Waals surface area contributed by atoms with Gasteiger partial charge in [0, 0.05) is 0 Å². The number of carbonyl (C=O) groups is 1. The van der Waals surface area contributed by atoms with Crippen molar-refractivity contribution >= 4 is 40.1 Å². The number of anilines is 1. The lowest BCUT2D eigenvalue weighted by molar-refractivity contribution is -0.112. The number of ether oxygens (including phenoxy) is 3. The minimum Gasteiger partial charge on any atom is -0.490 e. The molecule has 1 N–H and O–H groups in total. The van der Waals surface area contributed by atoms with Crippen LogP contribution in [0, 0.1) is 11.3 Å². The quantitative estimate of drug-likeness (QED) is 0.125. The van der Waals surface area contributed by atoms with Gasteiger partial charge < -0.3 is 14.2 Å². The molecule has 2 aromatic carbocycles. The fourth-order valence-corrected chi connectivity index (χ4v) is 4.21. The summed E-state index contributed by atoms with van der Waals surface area (Å²) in [5.74, 6) is 0.921. The van der Waals surface area contributed by atoms with Crippen molar-refractivity contribution in [3.63, 3.8) is 0 Å². The lowest BCUT2D eigenvalue weighted by atomic mass is 10.1. The molecule has 1 heterocycles. The molecule has 0 unspecified atom stereocenters. The molecule has 0 saturated carbocycles. The van der Waals surface area contributed by atoms with E-state index in [-0.39, 0.29) is 17.2 Å². The molecule has 0 fully saturated rings. The van der Waals surface area contributed by atoms with Crippen LogP contribution < -0.4 is 19.5 Å². The highest BCUT2D eigenvalue weighted by atomic mass is 35.5. The maximum atomic E-state index is 12.6. The van der Waals surface area contributed by atoms with Crippen molar-refractivity contribution in [2.24, 2.45) is 0 Å². The van der Waals surface area contributed by atoms with Gasteiger partial charge in [0.05, 0.1) is 11.6 Å². The third-order valence-electron chi connectivity index (χ3n) is 4.92. The molecule has 10 heteroatoms. The lowest BCUT2D eigenvalue weighted by Crippen LogP contribution is -2.13. The number of aromatic nitrogens is 2. The Morgan fingerprint density at radius 3 is 2.65 bits per heavy atom. The normalized spacial score (nSPS) is 10.9. The van der Waals surface area contributed by atoms with E-state index in [2.05, 4.69) is 22.1 Å². The summed E-state index contributed by atoms with van der Waals surface area (Å²) in [6.45, 7) is 8.44. The Hall–Kier alpha value is -3.87. The molecule has 0 bridgehead atoms. The van der Waals surface area contributed by atoms with Crippen molar-refractivity contribution in [3.8, 4) is 23.3 Å². The summed E-state index contributed by atoms with van der Waals surface area (Å²) in [6, 6.07) is 12.9. The zero-order chi connectivity index (χ0) is 26.6. The molecule has 37 heavy (non-hydrogen) atoms. The molecule has 0 radical (unpaired) electrons. The molecule has 0 atom stereocenters. The van der Waals surface area contributed by atoms with Gasteiger partial charge in [0.25, 0.3) is 5.91 Å². The fraction of sp³-hybridized carbons (Fsp3) is 0.259. The van der Waals surface area contributed by atoms with E-state index >= 15 is 0 Å². The Morgan fingerprint density at radius 2 is 1.95 bits per heavy atom. The monoisotopic (exact) mass is 538 g/mol. The smallest absolute Gasteiger partial charge is 0.268 e. The standard InChI is InChI=1S/C27H27ClN4O4S/c1-4-9-19-10-7-8-11-22(19)35-12-13-36-25-21(28)15-18(16-23(25)34-6-3)14-20(17-29)26(33)30-27-32-31-24(5-2)37-27/h4,7-8,10-11,14-16H,1,5-6,9,12-13H2,2-3H3,(H,30,32,33)/b20-14-. The van der Waals surface area contributed by atoms with E-state index in [4.69, 9.17) is 25.8 Å². The molecule has 0 spiro atoms. The molecule has 8 nitrogen and oxygen atoms in total. The van der Waals surface area contributed by atoms with Gasteiger partial charge in [0.1, 0.15) is 35.6 Å². The summed E-state index contributed by atoms with van der Waals surface area (Å²) in [4.78, 5) is 12.6. The van der Waals surface area contributed by atoms with Crippen molar-refractivity contribution < 1.29 is 19.0 Å². The number of nitriles is 1. The van der Waals surface area contributed by atoms with Crippen molar-refractivity contribution in [1.29, 1.82) is 5.26 Å². The summed E-state index contributed by atoms with van der Waals surface area (Å²) in [5.41, 5.74) is 1.43. The van der Waals surface area contributed by atoms with E-state index in [9.17, 15) is 10.1 Å². The number of halogens is 1. The minimum atomic E-state index is -0.593. The molecule has 0 saturated heterocycles. The van der Waals surface area contributed by atoms with Gasteiger partial charge in [-0.25, -0.2) is 0 Å². The van der Waals surface area contributed by atoms with Crippen LogP contribution in [0.25, 0.3) is 6.08 Å². The minimum absolute atomic E-state index is 0.118. The van der Waals surface area contributed by atoms with Gasteiger partial charge in [-0.3, -0.25) is 10.1 Å². The van der Waals surface area contributed by atoms with Gasteiger partial charge in [-0.05, 0) is 55.2 Å². The highest BCUT2D eigenvalue weighted by molar-refractivity contribution is 7.15. The van der Waals surface area contributed by atoms with Crippen LogP contribution in [0.3, 0.4) is 0 Å². The molecule has 3 rings (SSSR count). The van der Waals surface area contributed by atoms with E-state index in [1.54, 1.807) is 12.1 Å². The number of nitrogens with zero attached hydrogens (tertiary/aromatic N) is 3. The summed E-state index contributed by atoms with van der Waals surface area (Å²) in [5, 5.41) is 21.4. The number of allylic oxidation sites excluding steroid dienone is 1. The van der Waals surface area contributed by atoms with Gasteiger partial charge in [-0.1, -0.05) is 54.1 Å². The topological polar surface area (TPSA) is 106 Å². The number of carbonyl (C=O) groups excluding carboxylic acids is 1. The van der Waals surface area contributed by atoms with Crippen LogP contribution >= 0.6 is 22.9 Å². The molecular formula is C27H27ClN4O4S. The second-order valence-electron chi connectivity index (χ2n) is 7.54. The van der Waals surface area contributed by atoms with Crippen molar-refractivity contribution in [3.05, 3.63) is 75.8 Å². The first-order chi connectivity index (χ1) is 18.0. The van der Waals surface area contributed by atoms with Crippen LogP contribution in [0.15, 0.2) is 54.6 Å². The Morgan fingerprint density at radius 1 is 1.16 bits per heavy atom. The first-order valence-corrected chi connectivity index (χ1v) is 12.8. The highest BCUT2D eigenvalue weighted by Gasteiger charge is 2.16. The summed E-state index contributed by atoms with van der Waals surface area (Å²) < 4.78 is 17.5. The fourth-order valence-electron chi connectivity index (χ4n) is 3.27. The van der Waals surface area contributed by atoms with Crippen molar-refractivity contribution in [1.82, 2.24) is 10.2 Å². The Labute approximate surface area is 225 Å². The first kappa shape index (κ1) is 27.7. The molecule has 0 aliphatic heterocycles. The molecule has 0 aliphatic rings. The average molecular weight is 539 g/mol. The zero-order valence-electron chi connectivity index (χ0n) is 20.6. The average Bonchev–Trinajstić information content (AvgIpc) is 3.35. The van der Waals surface area contributed by atoms with Gasteiger partial charge >= 0.3 is 0 Å². The number of amides is 1. The van der Waals surface area contributed by atoms with Gasteiger partial charge in [-0.15, -0.1) is 16.8 Å². The van der Waals surface area contributed by atoms with Crippen LogP contribution in [-0.2, 0) is 17.6 Å². The molecular weight excluding hydrogens is 512 g/mol. The second-order valence-corrected chi connectivity index (χ2v) is 9.01. The molecule has 0 aliphatic carbocycles. The van der Waals surface area contributed by atoms with Gasteiger partial charge in [0.2, 0.25) is 5.13 Å². The zero-order valence-corrected chi connectivity index (χ0v) is 22.2. The highest BCUT2D eigenvalue weighted by Crippen LogP contribution is 2.37. The summed E-state index contributed by atoms with van der Waals surface area (Å²) >= 11 is 7.76. The Kier molecular flexibility index (Phi) is 10.5. The maximum absolute atomic E-state index is 12.6. The number of aryl methyl sites for hydroxylation is 1. The number of benzene rings is 2. The molecule has 192 valence electrons. The summed E-state index contributed by atoms with van der Waals surface area (Å²) in [6.07, 6.45) is 4.66. The number of para-hydroxylation sites is 1. The number of hydrogen-bond acceptors (Lipinski definition) is 8. The van der Waals surface area contributed by atoms with Crippen LogP contribution in [0.2, 0.25) is 5.02 Å². The molecule has 1 aromatic heterocycles. The van der Waals surface area contributed by atoms with E-state index in [1.807, 2.05) is 50.3 Å². The SMILES string of the molecule is C=CCc1ccccc1OCCOc1c(Cl)cc(/C=C(/C#N)C(=O)Nc2nnc(CC)s2)cc1OCC. The third-order valence-corrected chi connectivity index (χ3v) is 6.19. The number of rotatable bonds is 13. The van der Waals surface area contributed by atoms with Crippen molar-refractivity contribution in [2.45, 2.75) is 26.7 Å². The summed E-state index contributed by atoms with van der Waals surface area (Å²) in [7, 11) is 0.